The largest absolute Gasteiger partial charge is 0.153 e. The quantitative estimate of drug-likeness (QED) is 0.658. The highest BCUT2D eigenvalue weighted by Crippen LogP contribution is 2.32. The van der Waals surface area contributed by atoms with E-state index in [1.165, 1.54) is 12.3 Å². The van der Waals surface area contributed by atoms with E-state index in [4.69, 9.17) is 0 Å². The van der Waals surface area contributed by atoms with Crippen LogP contribution in [0.3, 0.4) is 0 Å². The van der Waals surface area contributed by atoms with E-state index >= 15 is 0 Å². The molecule has 1 unspecified atom stereocenters. The Kier molecular flexibility index (Phi) is 6.62. The van der Waals surface area contributed by atoms with Crippen molar-refractivity contribution in [2.75, 3.05) is 12.3 Å². The van der Waals surface area contributed by atoms with E-state index in [2.05, 4.69) is 44.2 Å². The second-order valence-corrected chi connectivity index (χ2v) is 5.37. The Morgan fingerprint density at radius 1 is 1.00 bits per heavy atom. The summed E-state index contributed by atoms with van der Waals surface area (Å²) in [6.45, 7) is 4.56. The Labute approximate surface area is 80.1 Å². The smallest absolute Gasteiger partial charge is 0.0241 e. The Bertz CT molecular complexity index is 192. The highest BCUT2D eigenvalue weighted by molar-refractivity contribution is 7.65. The van der Waals surface area contributed by atoms with Crippen LogP contribution in [0.5, 0.6) is 0 Å². The summed E-state index contributed by atoms with van der Waals surface area (Å²) in [5, 5.41) is 1.55. The summed E-state index contributed by atoms with van der Waals surface area (Å²) in [4.78, 5) is 0. The van der Waals surface area contributed by atoms with Gasteiger partial charge in [0.1, 0.15) is 0 Å². The van der Waals surface area contributed by atoms with Crippen LogP contribution in [0.25, 0.3) is 0 Å². The van der Waals surface area contributed by atoms with E-state index < -0.39 is 0 Å². The van der Waals surface area contributed by atoms with Gasteiger partial charge in [-0.2, -0.15) is 9.90 Å². The SMILES string of the molecule is CCP(CC)c1ccccc1.P. The third kappa shape index (κ3) is 3.21. The van der Waals surface area contributed by atoms with Crippen molar-refractivity contribution in [3.05, 3.63) is 30.3 Å². The third-order valence-electron chi connectivity index (χ3n) is 1.88. The molecule has 0 nitrogen and oxygen atoms in total. The maximum absolute atomic E-state index is 2.28. The number of rotatable bonds is 3. The molecule has 0 heterocycles. The minimum absolute atomic E-state index is 0. The molecule has 1 aromatic rings. The van der Waals surface area contributed by atoms with Crippen molar-refractivity contribution in [1.29, 1.82) is 0 Å². The van der Waals surface area contributed by atoms with Crippen molar-refractivity contribution < 1.29 is 0 Å². The first kappa shape index (κ1) is 12.1. The molecule has 1 rings (SSSR count). The summed E-state index contributed by atoms with van der Waals surface area (Å²) in [6.07, 6.45) is 2.63. The van der Waals surface area contributed by atoms with Gasteiger partial charge in [0.2, 0.25) is 0 Å². The molecule has 0 aliphatic rings. The lowest BCUT2D eigenvalue weighted by Crippen LogP contribution is -2.02. The van der Waals surface area contributed by atoms with Crippen LogP contribution in [-0.4, -0.2) is 12.3 Å². The lowest BCUT2D eigenvalue weighted by atomic mass is 10.4. The number of hydrogen-bond acceptors (Lipinski definition) is 0. The molecule has 0 amide bonds. The molecule has 0 N–H and O–H groups in total. The fourth-order valence-electron chi connectivity index (χ4n) is 1.23. The molecule has 0 spiro atoms. The van der Waals surface area contributed by atoms with Crippen molar-refractivity contribution in [2.45, 2.75) is 13.8 Å². The lowest BCUT2D eigenvalue weighted by Gasteiger charge is -2.12. The van der Waals surface area contributed by atoms with E-state index in [9.17, 15) is 0 Å². The molecule has 0 bridgehead atoms. The van der Waals surface area contributed by atoms with Crippen molar-refractivity contribution >= 4 is 23.1 Å². The number of benzene rings is 1. The second-order valence-electron chi connectivity index (χ2n) is 2.51. The summed E-state index contributed by atoms with van der Waals surface area (Å²) < 4.78 is 0. The minimum Gasteiger partial charge on any atom is -0.153 e. The van der Waals surface area contributed by atoms with Crippen molar-refractivity contribution in [3.63, 3.8) is 0 Å². The summed E-state index contributed by atoms with van der Waals surface area (Å²) in [5.41, 5.74) is 0. The number of hydrogen-bond donors (Lipinski definition) is 0. The summed E-state index contributed by atoms with van der Waals surface area (Å²) in [6, 6.07) is 10.9. The molecule has 0 radical (unpaired) electrons. The molecule has 68 valence electrons. The molecule has 2 heteroatoms. The van der Waals surface area contributed by atoms with E-state index in [0.717, 1.165) is 0 Å². The van der Waals surface area contributed by atoms with Crippen LogP contribution in [0, 0.1) is 0 Å². The molecular weight excluding hydrogens is 182 g/mol. The Hall–Kier alpha value is 0.0800. The topological polar surface area (TPSA) is 0 Å². The monoisotopic (exact) mass is 200 g/mol. The lowest BCUT2D eigenvalue weighted by molar-refractivity contribution is 1.42. The standard InChI is InChI=1S/C10H15P.H3P/c1-3-11(4-2)10-8-6-5-7-9-10;/h5-9H,3-4H2,1-2H3;1H3. The molecule has 0 aliphatic carbocycles. The van der Waals surface area contributed by atoms with E-state index in [-0.39, 0.29) is 17.8 Å². The van der Waals surface area contributed by atoms with Crippen LogP contribution in [0.4, 0.5) is 0 Å². The zero-order chi connectivity index (χ0) is 8.10. The maximum Gasteiger partial charge on any atom is -0.0241 e. The molecule has 1 aromatic carbocycles. The fraction of sp³-hybridized carbons (Fsp3) is 0.400. The first-order valence-corrected chi connectivity index (χ1v) is 5.89. The Balaban J connectivity index is 0.00000121. The Morgan fingerprint density at radius 3 is 1.92 bits per heavy atom. The zero-order valence-electron chi connectivity index (χ0n) is 7.96. The van der Waals surface area contributed by atoms with Crippen LogP contribution < -0.4 is 5.30 Å². The summed E-state index contributed by atoms with van der Waals surface area (Å²) in [5.74, 6) is 0. The van der Waals surface area contributed by atoms with Crippen LogP contribution in [0.15, 0.2) is 30.3 Å². The summed E-state index contributed by atoms with van der Waals surface area (Å²) in [7, 11) is 0.149. The van der Waals surface area contributed by atoms with Gasteiger partial charge in [-0.05, 0) is 17.6 Å². The van der Waals surface area contributed by atoms with Gasteiger partial charge in [0.15, 0.2) is 0 Å². The molecule has 1 atom stereocenters. The fourth-order valence-corrected chi connectivity index (χ4v) is 3.00. The van der Waals surface area contributed by atoms with Gasteiger partial charge < -0.3 is 0 Å². The molecular formula is C10H18P2. The van der Waals surface area contributed by atoms with E-state index in [0.29, 0.717) is 0 Å². The molecule has 0 aliphatic heterocycles. The normalized spacial score (nSPS) is 9.58. The Morgan fingerprint density at radius 2 is 1.50 bits per heavy atom. The maximum atomic E-state index is 2.28. The third-order valence-corrected chi connectivity index (χ3v) is 4.44. The predicted molar refractivity (Wildman–Crippen MR) is 65.2 cm³/mol. The van der Waals surface area contributed by atoms with Crippen molar-refractivity contribution in [3.8, 4) is 0 Å². The van der Waals surface area contributed by atoms with Crippen LogP contribution in [0.2, 0.25) is 0 Å². The predicted octanol–water partition coefficient (Wildman–Crippen LogP) is 2.89. The van der Waals surface area contributed by atoms with Crippen LogP contribution in [-0.2, 0) is 0 Å². The van der Waals surface area contributed by atoms with Crippen LogP contribution >= 0.6 is 17.8 Å². The van der Waals surface area contributed by atoms with Crippen LogP contribution in [0.1, 0.15) is 13.8 Å². The average molecular weight is 200 g/mol. The van der Waals surface area contributed by atoms with Gasteiger partial charge >= 0.3 is 0 Å². The van der Waals surface area contributed by atoms with Gasteiger partial charge in [0, 0.05) is 0 Å². The second kappa shape index (κ2) is 6.58. The van der Waals surface area contributed by atoms with Crippen molar-refractivity contribution in [2.24, 2.45) is 0 Å². The highest BCUT2D eigenvalue weighted by Gasteiger charge is 2.03. The van der Waals surface area contributed by atoms with Gasteiger partial charge in [-0.25, -0.2) is 0 Å². The van der Waals surface area contributed by atoms with Gasteiger partial charge in [-0.3, -0.25) is 0 Å². The van der Waals surface area contributed by atoms with Gasteiger partial charge in [0.25, 0.3) is 0 Å². The minimum atomic E-state index is 0. The van der Waals surface area contributed by atoms with Gasteiger partial charge in [-0.1, -0.05) is 52.1 Å². The van der Waals surface area contributed by atoms with Crippen molar-refractivity contribution in [1.82, 2.24) is 0 Å². The molecule has 0 fully saturated rings. The first-order chi connectivity index (χ1) is 5.38. The average Bonchev–Trinajstić information content (AvgIpc) is 2.09. The van der Waals surface area contributed by atoms with E-state index in [1.54, 1.807) is 5.30 Å². The molecule has 0 aromatic heterocycles. The molecule has 0 saturated carbocycles. The van der Waals surface area contributed by atoms with Gasteiger partial charge in [0.05, 0.1) is 0 Å². The zero-order valence-corrected chi connectivity index (χ0v) is 10.3. The summed E-state index contributed by atoms with van der Waals surface area (Å²) >= 11 is 0. The van der Waals surface area contributed by atoms with Gasteiger partial charge in [-0.15, -0.1) is 0 Å². The molecule has 12 heavy (non-hydrogen) atoms. The molecule has 0 saturated heterocycles. The van der Waals surface area contributed by atoms with E-state index in [1.807, 2.05) is 0 Å². The first-order valence-electron chi connectivity index (χ1n) is 4.18. The highest BCUT2D eigenvalue weighted by atomic mass is 31.1.